The minimum atomic E-state index is -0.200. The highest BCUT2D eigenvalue weighted by Crippen LogP contribution is 2.17. The van der Waals surface area contributed by atoms with Crippen molar-refractivity contribution in [1.29, 1.82) is 0 Å². The van der Waals surface area contributed by atoms with Crippen LogP contribution in [0.4, 0.5) is 0 Å². The Labute approximate surface area is 98.6 Å². The second-order valence-electron chi connectivity index (χ2n) is 3.81. The summed E-state index contributed by atoms with van der Waals surface area (Å²) in [7, 11) is 1.66. The van der Waals surface area contributed by atoms with Gasteiger partial charge in [-0.25, -0.2) is 9.52 Å². The van der Waals surface area contributed by atoms with E-state index in [1.165, 1.54) is 17.7 Å². The van der Waals surface area contributed by atoms with Crippen molar-refractivity contribution in [1.82, 2.24) is 4.57 Å². The topological polar surface area (TPSA) is 61.3 Å². The van der Waals surface area contributed by atoms with E-state index in [4.69, 9.17) is 0 Å². The lowest BCUT2D eigenvalue weighted by atomic mass is 10.2. The van der Waals surface area contributed by atoms with Crippen LogP contribution in [0.5, 0.6) is 0 Å². The molecule has 17 heavy (non-hydrogen) atoms. The first-order valence-corrected chi connectivity index (χ1v) is 5.24. The zero-order valence-electron chi connectivity index (χ0n) is 9.97. The van der Waals surface area contributed by atoms with Crippen LogP contribution in [0.1, 0.15) is 24.3 Å². The molecule has 2 aromatic rings. The van der Waals surface area contributed by atoms with E-state index in [2.05, 4.69) is 4.99 Å². The van der Waals surface area contributed by atoms with E-state index < -0.39 is 0 Å². The SMILES string of the molecule is CN=C(C)c1cc2ccc[n+]([O-])c2n1C(C)=O. The minimum absolute atomic E-state index is 0.200. The molecule has 0 unspecified atom stereocenters. The molecular weight excluding hydrogens is 218 g/mol. The molecule has 0 spiro atoms. The molecule has 0 amide bonds. The summed E-state index contributed by atoms with van der Waals surface area (Å²) in [5.74, 6) is -0.200. The predicted molar refractivity (Wildman–Crippen MR) is 65.3 cm³/mol. The summed E-state index contributed by atoms with van der Waals surface area (Å²) in [6, 6.07) is 5.26. The lowest BCUT2D eigenvalue weighted by molar-refractivity contribution is -0.579. The van der Waals surface area contributed by atoms with Crippen LogP contribution in [-0.2, 0) is 0 Å². The molecule has 0 saturated heterocycles. The van der Waals surface area contributed by atoms with E-state index in [9.17, 15) is 10.0 Å². The number of carbonyl (C=O) groups excluding carboxylic acids is 1. The molecular formula is C12H13N3O2. The van der Waals surface area contributed by atoms with Gasteiger partial charge in [-0.2, -0.15) is 4.57 Å². The number of hydrogen-bond donors (Lipinski definition) is 0. The van der Waals surface area contributed by atoms with Gasteiger partial charge < -0.3 is 5.21 Å². The fourth-order valence-corrected chi connectivity index (χ4v) is 1.86. The van der Waals surface area contributed by atoms with E-state index in [1.807, 2.05) is 6.92 Å². The highest BCUT2D eigenvalue weighted by Gasteiger charge is 2.22. The van der Waals surface area contributed by atoms with Crippen molar-refractivity contribution in [3.63, 3.8) is 0 Å². The molecule has 5 nitrogen and oxygen atoms in total. The van der Waals surface area contributed by atoms with Crippen molar-refractivity contribution in [2.75, 3.05) is 7.05 Å². The van der Waals surface area contributed by atoms with Gasteiger partial charge in [0.15, 0.2) is 5.69 Å². The zero-order valence-corrected chi connectivity index (χ0v) is 9.97. The summed E-state index contributed by atoms with van der Waals surface area (Å²) in [6.45, 7) is 3.24. The maximum Gasteiger partial charge on any atom is 0.311 e. The van der Waals surface area contributed by atoms with Gasteiger partial charge in [0.2, 0.25) is 0 Å². The summed E-state index contributed by atoms with van der Waals surface area (Å²) < 4.78 is 2.09. The van der Waals surface area contributed by atoms with Crippen LogP contribution in [0.2, 0.25) is 0 Å². The molecule has 0 bridgehead atoms. The van der Waals surface area contributed by atoms with Gasteiger partial charge in [-0.1, -0.05) is 0 Å². The monoisotopic (exact) mass is 231 g/mol. The number of aliphatic imine (C=N–C) groups is 1. The lowest BCUT2D eigenvalue weighted by Gasteiger charge is -2.04. The third kappa shape index (κ3) is 1.69. The Balaban J connectivity index is 2.91. The summed E-state index contributed by atoms with van der Waals surface area (Å²) in [5.41, 5.74) is 1.72. The molecule has 0 saturated carbocycles. The first kappa shape index (κ1) is 11.3. The second kappa shape index (κ2) is 4.01. The van der Waals surface area contributed by atoms with Gasteiger partial charge in [0.25, 0.3) is 5.65 Å². The zero-order chi connectivity index (χ0) is 12.6. The predicted octanol–water partition coefficient (Wildman–Crippen LogP) is 1.37. The number of carbonyl (C=O) groups is 1. The third-order valence-electron chi connectivity index (χ3n) is 2.73. The van der Waals surface area contributed by atoms with E-state index >= 15 is 0 Å². The first-order valence-electron chi connectivity index (χ1n) is 5.24. The molecule has 0 atom stereocenters. The quantitative estimate of drug-likeness (QED) is 0.423. The summed E-state index contributed by atoms with van der Waals surface area (Å²) in [5, 5.41) is 12.5. The normalized spacial score (nSPS) is 12.1. The number of aromatic nitrogens is 2. The van der Waals surface area contributed by atoms with Gasteiger partial charge in [0.05, 0.1) is 17.3 Å². The van der Waals surface area contributed by atoms with Crippen molar-refractivity contribution >= 4 is 22.7 Å². The Morgan fingerprint density at radius 1 is 1.47 bits per heavy atom. The first-order chi connectivity index (χ1) is 8.06. The van der Waals surface area contributed by atoms with Crippen LogP contribution in [0.15, 0.2) is 29.4 Å². The van der Waals surface area contributed by atoms with E-state index in [-0.39, 0.29) is 5.91 Å². The molecule has 0 aromatic carbocycles. The van der Waals surface area contributed by atoms with Crippen molar-refractivity contribution in [3.8, 4) is 0 Å². The maximum absolute atomic E-state index is 11.7. The molecule has 0 N–H and O–H groups in total. The van der Waals surface area contributed by atoms with Gasteiger partial charge in [-0.3, -0.25) is 4.99 Å². The van der Waals surface area contributed by atoms with Crippen molar-refractivity contribution in [3.05, 3.63) is 35.3 Å². The lowest BCUT2D eigenvalue weighted by Crippen LogP contribution is -2.30. The molecule has 0 fully saturated rings. The highest BCUT2D eigenvalue weighted by molar-refractivity contribution is 6.05. The fraction of sp³-hybridized carbons (Fsp3) is 0.250. The molecule has 5 heteroatoms. The number of fused-ring (bicyclic) bond motifs is 1. The Morgan fingerprint density at radius 3 is 2.76 bits per heavy atom. The molecule has 0 aliphatic heterocycles. The van der Waals surface area contributed by atoms with E-state index in [0.29, 0.717) is 16.1 Å². The molecule has 2 aromatic heterocycles. The van der Waals surface area contributed by atoms with Gasteiger partial charge in [0, 0.05) is 20.0 Å². The molecule has 2 rings (SSSR count). The van der Waals surface area contributed by atoms with Gasteiger partial charge in [-0.05, 0) is 19.1 Å². The summed E-state index contributed by atoms with van der Waals surface area (Å²) >= 11 is 0. The van der Waals surface area contributed by atoms with Crippen LogP contribution < -0.4 is 4.73 Å². The van der Waals surface area contributed by atoms with Crippen molar-refractivity contribution in [2.45, 2.75) is 13.8 Å². The Morgan fingerprint density at radius 2 is 2.18 bits per heavy atom. The van der Waals surface area contributed by atoms with Gasteiger partial charge >= 0.3 is 5.91 Å². The Bertz CT molecular complexity index is 626. The summed E-state index contributed by atoms with van der Waals surface area (Å²) in [6.07, 6.45) is 1.38. The van der Waals surface area contributed by atoms with E-state index in [0.717, 1.165) is 11.1 Å². The Hall–Kier alpha value is -2.17. The molecule has 0 radical (unpaired) electrons. The second-order valence-corrected chi connectivity index (χ2v) is 3.81. The largest absolute Gasteiger partial charge is 0.711 e. The molecule has 2 heterocycles. The standard InChI is InChI=1S/C12H13N3O2/c1-8(13-3)11-7-10-5-4-6-14(17)12(10)15(11)9(2)16/h4-7H,1-3H3. The van der Waals surface area contributed by atoms with Gasteiger partial charge in [-0.15, -0.1) is 0 Å². The maximum atomic E-state index is 11.7. The van der Waals surface area contributed by atoms with Crippen molar-refractivity contribution in [2.24, 2.45) is 4.99 Å². The van der Waals surface area contributed by atoms with Crippen LogP contribution in [0.3, 0.4) is 0 Å². The highest BCUT2D eigenvalue weighted by atomic mass is 16.5. The fourth-order valence-electron chi connectivity index (χ4n) is 1.86. The Kier molecular flexibility index (Phi) is 2.67. The average Bonchev–Trinajstić information content (AvgIpc) is 2.68. The minimum Gasteiger partial charge on any atom is -0.711 e. The molecule has 88 valence electrons. The third-order valence-corrected chi connectivity index (χ3v) is 2.73. The van der Waals surface area contributed by atoms with Crippen LogP contribution in [-0.4, -0.2) is 23.2 Å². The smallest absolute Gasteiger partial charge is 0.311 e. The van der Waals surface area contributed by atoms with Crippen LogP contribution in [0, 0.1) is 5.21 Å². The molecule has 0 aliphatic rings. The average molecular weight is 231 g/mol. The number of rotatable bonds is 1. The molecule has 0 aliphatic carbocycles. The number of nitrogens with zero attached hydrogens (tertiary/aromatic N) is 3. The van der Waals surface area contributed by atoms with Crippen molar-refractivity contribution < 1.29 is 9.52 Å². The van der Waals surface area contributed by atoms with Crippen LogP contribution in [0.25, 0.3) is 11.0 Å². The number of hydrogen-bond acceptors (Lipinski definition) is 3. The van der Waals surface area contributed by atoms with Gasteiger partial charge in [0.1, 0.15) is 0 Å². The van der Waals surface area contributed by atoms with Crippen LogP contribution >= 0.6 is 0 Å². The van der Waals surface area contributed by atoms with E-state index in [1.54, 1.807) is 25.2 Å². The summed E-state index contributed by atoms with van der Waals surface area (Å²) in [4.78, 5) is 15.7. The number of pyridine rings is 1.